The van der Waals surface area contributed by atoms with Crippen LogP contribution in [0.2, 0.25) is 0 Å². The van der Waals surface area contributed by atoms with Gasteiger partial charge in [-0.2, -0.15) is 0 Å². The Morgan fingerprint density at radius 1 is 1.75 bits per heavy atom. The molecule has 1 N–H and O–H groups in total. The van der Waals surface area contributed by atoms with Gasteiger partial charge in [0.15, 0.2) is 0 Å². The van der Waals surface area contributed by atoms with Gasteiger partial charge >= 0.3 is 0 Å². The molecule has 1 aromatic heterocycles. The molecule has 1 aliphatic heterocycles. The maximum atomic E-state index is 4.39. The minimum Gasteiger partial charge on any atom is -0.335 e. The van der Waals surface area contributed by atoms with Crippen molar-refractivity contribution in [1.29, 1.82) is 0 Å². The molecule has 1 unspecified atom stereocenters. The van der Waals surface area contributed by atoms with Crippen LogP contribution in [-0.2, 0) is 6.54 Å². The molecule has 0 saturated carbocycles. The Morgan fingerprint density at radius 3 is 3.33 bits per heavy atom. The number of hydrogen-bond donors (Lipinski definition) is 1. The summed E-state index contributed by atoms with van der Waals surface area (Å²) in [6.45, 7) is 5.43. The summed E-state index contributed by atoms with van der Waals surface area (Å²) in [5.41, 5.74) is 0. The van der Waals surface area contributed by atoms with Gasteiger partial charge in [-0.15, -0.1) is 0 Å². The number of hydrogen-bond acceptors (Lipinski definition) is 2. The molecule has 1 atom stereocenters. The third kappa shape index (κ3) is 1.25. The van der Waals surface area contributed by atoms with E-state index >= 15 is 0 Å². The zero-order chi connectivity index (χ0) is 8.39. The molecule has 1 aromatic rings. The van der Waals surface area contributed by atoms with Crippen LogP contribution in [0.4, 0.5) is 0 Å². The summed E-state index contributed by atoms with van der Waals surface area (Å²) in [5.74, 6) is 1.89. The Hall–Kier alpha value is -0.830. The van der Waals surface area contributed by atoms with E-state index in [4.69, 9.17) is 0 Å². The van der Waals surface area contributed by atoms with E-state index in [1.165, 1.54) is 12.2 Å². The monoisotopic (exact) mass is 165 g/mol. The molecular weight excluding hydrogens is 150 g/mol. The highest BCUT2D eigenvalue weighted by molar-refractivity contribution is 5.03. The molecule has 1 fully saturated rings. The van der Waals surface area contributed by atoms with Crippen molar-refractivity contribution < 1.29 is 0 Å². The molecule has 2 heterocycles. The van der Waals surface area contributed by atoms with Crippen molar-refractivity contribution in [3.8, 4) is 0 Å². The van der Waals surface area contributed by atoms with Gasteiger partial charge in [0.05, 0.1) is 0 Å². The summed E-state index contributed by atoms with van der Waals surface area (Å²) < 4.78 is 2.23. The molecule has 0 amide bonds. The summed E-state index contributed by atoms with van der Waals surface area (Å²) in [6, 6.07) is 0. The first-order valence-electron chi connectivity index (χ1n) is 4.63. The lowest BCUT2D eigenvalue weighted by molar-refractivity contribution is 0.620. The minimum atomic E-state index is 0.639. The van der Waals surface area contributed by atoms with Crippen molar-refractivity contribution in [2.45, 2.75) is 25.8 Å². The second-order valence-corrected chi connectivity index (χ2v) is 3.26. The number of nitrogens with zero attached hydrogens (tertiary/aromatic N) is 2. The molecule has 3 heteroatoms. The average Bonchev–Trinajstić information content (AvgIpc) is 2.74. The van der Waals surface area contributed by atoms with Gasteiger partial charge in [-0.05, 0) is 19.9 Å². The Bertz CT molecular complexity index is 248. The van der Waals surface area contributed by atoms with Crippen LogP contribution in [0.3, 0.4) is 0 Å². The lowest BCUT2D eigenvalue weighted by Crippen LogP contribution is -2.12. The number of nitrogens with one attached hydrogen (secondary N) is 1. The molecular formula is C9H15N3. The fourth-order valence-corrected chi connectivity index (χ4v) is 1.82. The third-order valence-electron chi connectivity index (χ3n) is 2.51. The lowest BCUT2D eigenvalue weighted by Gasteiger charge is -2.09. The minimum absolute atomic E-state index is 0.639. The van der Waals surface area contributed by atoms with Crippen molar-refractivity contribution in [2.24, 2.45) is 0 Å². The Labute approximate surface area is 72.8 Å². The molecule has 3 nitrogen and oxygen atoms in total. The van der Waals surface area contributed by atoms with Crippen molar-refractivity contribution in [1.82, 2.24) is 14.9 Å². The molecule has 66 valence electrons. The molecule has 2 rings (SSSR count). The Kier molecular flexibility index (Phi) is 2.13. The average molecular weight is 165 g/mol. The molecule has 1 saturated heterocycles. The fourth-order valence-electron chi connectivity index (χ4n) is 1.82. The van der Waals surface area contributed by atoms with E-state index in [0.29, 0.717) is 5.92 Å². The maximum absolute atomic E-state index is 4.39. The van der Waals surface area contributed by atoms with Crippen LogP contribution >= 0.6 is 0 Å². The SMILES string of the molecule is CCn1ccnc1C1CCNC1. The predicted molar refractivity (Wildman–Crippen MR) is 48.1 cm³/mol. The smallest absolute Gasteiger partial charge is 0.113 e. The third-order valence-corrected chi connectivity index (χ3v) is 2.51. The second kappa shape index (κ2) is 3.27. The van der Waals surface area contributed by atoms with Gasteiger partial charge in [-0.3, -0.25) is 0 Å². The topological polar surface area (TPSA) is 29.9 Å². The number of aryl methyl sites for hydroxylation is 1. The molecule has 0 aliphatic carbocycles. The van der Waals surface area contributed by atoms with Crippen LogP contribution in [0.1, 0.15) is 25.1 Å². The standard InChI is InChI=1S/C9H15N3/c1-2-12-6-5-11-9(12)8-3-4-10-7-8/h5-6,8,10H,2-4,7H2,1H3. The van der Waals surface area contributed by atoms with Gasteiger partial charge in [0, 0.05) is 31.4 Å². The largest absolute Gasteiger partial charge is 0.335 e. The lowest BCUT2D eigenvalue weighted by atomic mass is 10.1. The second-order valence-electron chi connectivity index (χ2n) is 3.26. The molecule has 12 heavy (non-hydrogen) atoms. The molecule has 0 aromatic carbocycles. The van der Waals surface area contributed by atoms with E-state index in [1.54, 1.807) is 0 Å². The summed E-state index contributed by atoms with van der Waals surface area (Å²) in [5, 5.41) is 3.36. The van der Waals surface area contributed by atoms with Crippen LogP contribution in [0.15, 0.2) is 12.4 Å². The first-order chi connectivity index (χ1) is 5.92. The van der Waals surface area contributed by atoms with Crippen LogP contribution < -0.4 is 5.32 Å². The zero-order valence-corrected chi connectivity index (χ0v) is 7.45. The Morgan fingerprint density at radius 2 is 2.67 bits per heavy atom. The predicted octanol–water partition coefficient (Wildman–Crippen LogP) is 0.980. The molecule has 0 spiro atoms. The van der Waals surface area contributed by atoms with Crippen LogP contribution in [0.25, 0.3) is 0 Å². The maximum Gasteiger partial charge on any atom is 0.113 e. The van der Waals surface area contributed by atoms with Gasteiger partial charge < -0.3 is 9.88 Å². The van der Waals surface area contributed by atoms with E-state index in [2.05, 4.69) is 28.0 Å². The van der Waals surface area contributed by atoms with Gasteiger partial charge in [-0.25, -0.2) is 4.98 Å². The van der Waals surface area contributed by atoms with E-state index in [1.807, 2.05) is 6.20 Å². The zero-order valence-electron chi connectivity index (χ0n) is 7.45. The summed E-state index contributed by atoms with van der Waals surface area (Å²) in [7, 11) is 0. The van der Waals surface area contributed by atoms with Crippen LogP contribution in [0, 0.1) is 0 Å². The highest BCUT2D eigenvalue weighted by Crippen LogP contribution is 2.20. The van der Waals surface area contributed by atoms with E-state index in [9.17, 15) is 0 Å². The Balaban J connectivity index is 2.19. The highest BCUT2D eigenvalue weighted by atomic mass is 15.1. The van der Waals surface area contributed by atoms with E-state index in [-0.39, 0.29) is 0 Å². The van der Waals surface area contributed by atoms with Crippen molar-refractivity contribution in [3.63, 3.8) is 0 Å². The van der Waals surface area contributed by atoms with Crippen molar-refractivity contribution in [3.05, 3.63) is 18.2 Å². The molecule has 1 aliphatic rings. The highest BCUT2D eigenvalue weighted by Gasteiger charge is 2.20. The number of rotatable bonds is 2. The quantitative estimate of drug-likeness (QED) is 0.708. The summed E-state index contributed by atoms with van der Waals surface area (Å²) in [4.78, 5) is 4.39. The van der Waals surface area contributed by atoms with Crippen LogP contribution in [0.5, 0.6) is 0 Å². The first-order valence-corrected chi connectivity index (χ1v) is 4.63. The van der Waals surface area contributed by atoms with E-state index in [0.717, 1.165) is 19.6 Å². The van der Waals surface area contributed by atoms with Gasteiger partial charge in [-0.1, -0.05) is 0 Å². The van der Waals surface area contributed by atoms with Gasteiger partial charge in [0.2, 0.25) is 0 Å². The molecule has 0 bridgehead atoms. The fraction of sp³-hybridized carbons (Fsp3) is 0.667. The van der Waals surface area contributed by atoms with Crippen LogP contribution in [-0.4, -0.2) is 22.6 Å². The van der Waals surface area contributed by atoms with Gasteiger partial charge in [0.25, 0.3) is 0 Å². The normalized spacial score (nSPS) is 23.2. The van der Waals surface area contributed by atoms with Crippen molar-refractivity contribution in [2.75, 3.05) is 13.1 Å². The van der Waals surface area contributed by atoms with Crippen molar-refractivity contribution >= 4 is 0 Å². The number of imidazole rings is 1. The number of aromatic nitrogens is 2. The van der Waals surface area contributed by atoms with E-state index < -0.39 is 0 Å². The molecule has 0 radical (unpaired) electrons. The first kappa shape index (κ1) is 7.80. The summed E-state index contributed by atoms with van der Waals surface area (Å²) >= 11 is 0. The summed E-state index contributed by atoms with van der Waals surface area (Å²) in [6.07, 6.45) is 5.20. The van der Waals surface area contributed by atoms with Gasteiger partial charge in [0.1, 0.15) is 5.82 Å².